The fraction of sp³-hybridized carbons (Fsp3) is 0.353. The predicted octanol–water partition coefficient (Wildman–Crippen LogP) is 3.15. The maximum absolute atomic E-state index is 12.1. The lowest BCUT2D eigenvalue weighted by atomic mass is 10.1. The lowest BCUT2D eigenvalue weighted by Crippen LogP contribution is -2.23. The molecule has 1 heterocycles. The van der Waals surface area contributed by atoms with E-state index in [1.807, 2.05) is 37.3 Å². The van der Waals surface area contributed by atoms with Gasteiger partial charge in [0, 0.05) is 12.1 Å². The molecule has 0 fully saturated rings. The fourth-order valence-electron chi connectivity index (χ4n) is 2.17. The van der Waals surface area contributed by atoms with E-state index in [0.717, 1.165) is 17.0 Å². The number of hydrogen-bond acceptors (Lipinski definition) is 3. The van der Waals surface area contributed by atoms with Gasteiger partial charge in [-0.25, -0.2) is 0 Å². The highest BCUT2D eigenvalue weighted by Gasteiger charge is 2.08. The minimum absolute atomic E-state index is 0.150. The molecule has 2 aromatic rings. The van der Waals surface area contributed by atoms with E-state index in [1.54, 1.807) is 10.6 Å². The number of nitrogens with two attached hydrogens (primary N) is 1. The number of rotatable bonds is 5. The molecule has 1 aromatic carbocycles. The van der Waals surface area contributed by atoms with Crippen molar-refractivity contribution >= 4 is 5.69 Å². The highest BCUT2D eigenvalue weighted by atomic mass is 16.5. The van der Waals surface area contributed by atoms with Crippen LogP contribution in [0.2, 0.25) is 0 Å². The van der Waals surface area contributed by atoms with Crippen LogP contribution in [0.1, 0.15) is 20.8 Å². The van der Waals surface area contributed by atoms with Gasteiger partial charge in [0.05, 0.1) is 18.0 Å². The van der Waals surface area contributed by atoms with E-state index in [9.17, 15) is 4.79 Å². The van der Waals surface area contributed by atoms with Crippen molar-refractivity contribution in [3.8, 4) is 17.0 Å². The van der Waals surface area contributed by atoms with Gasteiger partial charge < -0.3 is 15.0 Å². The van der Waals surface area contributed by atoms with Crippen LogP contribution in [-0.2, 0) is 6.54 Å². The van der Waals surface area contributed by atoms with Crippen LogP contribution in [0.15, 0.2) is 41.2 Å². The number of hydrogen-bond donors (Lipinski definition) is 1. The molecule has 0 atom stereocenters. The standard InChI is InChI=1S/C17H22N2O2/c1-4-19-16(9-8-15(18)17(19)20)13-6-5-7-14(10-13)21-11-12(2)3/h5-10,12H,4,11,18H2,1-3H3. The first-order valence-corrected chi connectivity index (χ1v) is 7.25. The van der Waals surface area contributed by atoms with Crippen LogP contribution in [0.3, 0.4) is 0 Å². The summed E-state index contributed by atoms with van der Waals surface area (Å²) in [5, 5.41) is 0. The van der Waals surface area contributed by atoms with Gasteiger partial charge in [0.2, 0.25) is 0 Å². The Kier molecular flexibility index (Phi) is 4.68. The Hall–Kier alpha value is -2.23. The second kappa shape index (κ2) is 6.48. The first-order valence-electron chi connectivity index (χ1n) is 7.25. The predicted molar refractivity (Wildman–Crippen MR) is 86.6 cm³/mol. The van der Waals surface area contributed by atoms with E-state index in [-0.39, 0.29) is 11.2 Å². The van der Waals surface area contributed by atoms with Crippen LogP contribution >= 0.6 is 0 Å². The first kappa shape index (κ1) is 15.2. The molecule has 2 rings (SSSR count). The molecule has 0 spiro atoms. The Morgan fingerprint density at radius 2 is 2.00 bits per heavy atom. The molecule has 21 heavy (non-hydrogen) atoms. The Balaban J connectivity index is 2.41. The van der Waals surface area contributed by atoms with Crippen molar-refractivity contribution in [2.24, 2.45) is 5.92 Å². The maximum atomic E-state index is 12.1. The molecule has 0 aliphatic carbocycles. The average molecular weight is 286 g/mol. The third kappa shape index (κ3) is 3.45. The van der Waals surface area contributed by atoms with Gasteiger partial charge in [0.1, 0.15) is 5.75 Å². The second-order valence-corrected chi connectivity index (χ2v) is 5.46. The van der Waals surface area contributed by atoms with Crippen LogP contribution in [0.25, 0.3) is 11.3 Å². The molecule has 0 amide bonds. The summed E-state index contributed by atoms with van der Waals surface area (Å²) in [6.45, 7) is 7.41. The van der Waals surface area contributed by atoms with Gasteiger partial charge in [-0.15, -0.1) is 0 Å². The van der Waals surface area contributed by atoms with E-state index in [4.69, 9.17) is 10.5 Å². The van der Waals surface area contributed by atoms with Gasteiger partial charge in [-0.05, 0) is 37.1 Å². The average Bonchev–Trinajstić information content (AvgIpc) is 2.48. The summed E-state index contributed by atoms with van der Waals surface area (Å²) in [7, 11) is 0. The third-order valence-corrected chi connectivity index (χ3v) is 3.23. The Morgan fingerprint density at radius 1 is 1.24 bits per heavy atom. The molecule has 0 aliphatic heterocycles. The monoisotopic (exact) mass is 286 g/mol. The molecule has 0 radical (unpaired) electrons. The molecule has 0 bridgehead atoms. The van der Waals surface area contributed by atoms with Crippen molar-refractivity contribution in [1.82, 2.24) is 4.57 Å². The molecule has 4 heteroatoms. The fourth-order valence-corrected chi connectivity index (χ4v) is 2.17. The van der Waals surface area contributed by atoms with Crippen LogP contribution in [0.5, 0.6) is 5.75 Å². The summed E-state index contributed by atoms with van der Waals surface area (Å²) in [6.07, 6.45) is 0. The molecule has 0 saturated heterocycles. The van der Waals surface area contributed by atoms with Gasteiger partial charge in [-0.3, -0.25) is 4.79 Å². The van der Waals surface area contributed by atoms with E-state index < -0.39 is 0 Å². The van der Waals surface area contributed by atoms with Crippen molar-refractivity contribution in [2.45, 2.75) is 27.3 Å². The molecule has 0 saturated carbocycles. The van der Waals surface area contributed by atoms with Crippen molar-refractivity contribution in [2.75, 3.05) is 12.3 Å². The zero-order valence-electron chi connectivity index (χ0n) is 12.8. The Labute approximate surface area is 125 Å². The number of anilines is 1. The summed E-state index contributed by atoms with van der Waals surface area (Å²) in [4.78, 5) is 12.1. The van der Waals surface area contributed by atoms with Gasteiger partial charge in [-0.2, -0.15) is 0 Å². The number of benzene rings is 1. The highest BCUT2D eigenvalue weighted by Crippen LogP contribution is 2.24. The van der Waals surface area contributed by atoms with Crippen LogP contribution in [0.4, 0.5) is 5.69 Å². The summed E-state index contributed by atoms with van der Waals surface area (Å²) < 4.78 is 7.42. The van der Waals surface area contributed by atoms with Gasteiger partial charge in [-0.1, -0.05) is 26.0 Å². The molecular weight excluding hydrogens is 264 g/mol. The smallest absolute Gasteiger partial charge is 0.274 e. The minimum Gasteiger partial charge on any atom is -0.493 e. The van der Waals surface area contributed by atoms with Crippen molar-refractivity contribution in [1.29, 1.82) is 0 Å². The normalized spacial score (nSPS) is 10.9. The van der Waals surface area contributed by atoms with Crippen molar-refractivity contribution in [3.05, 3.63) is 46.8 Å². The van der Waals surface area contributed by atoms with E-state index in [1.165, 1.54) is 0 Å². The number of nitrogens with zero attached hydrogens (tertiary/aromatic N) is 1. The van der Waals surface area contributed by atoms with Crippen LogP contribution < -0.4 is 16.0 Å². The molecule has 0 unspecified atom stereocenters. The van der Waals surface area contributed by atoms with Crippen molar-refractivity contribution < 1.29 is 4.74 Å². The van der Waals surface area contributed by atoms with Crippen LogP contribution in [0, 0.1) is 5.92 Å². The summed E-state index contributed by atoms with van der Waals surface area (Å²) >= 11 is 0. The zero-order valence-corrected chi connectivity index (χ0v) is 12.8. The van der Waals surface area contributed by atoms with Crippen LogP contribution in [-0.4, -0.2) is 11.2 Å². The Bertz CT molecular complexity index is 675. The molecule has 0 aliphatic rings. The Morgan fingerprint density at radius 3 is 2.67 bits per heavy atom. The van der Waals surface area contributed by atoms with E-state index >= 15 is 0 Å². The summed E-state index contributed by atoms with van der Waals surface area (Å²) in [5.41, 5.74) is 7.62. The van der Waals surface area contributed by atoms with Gasteiger partial charge in [0.15, 0.2) is 0 Å². The number of nitrogen functional groups attached to an aromatic ring is 1. The maximum Gasteiger partial charge on any atom is 0.274 e. The number of pyridine rings is 1. The topological polar surface area (TPSA) is 57.2 Å². The second-order valence-electron chi connectivity index (χ2n) is 5.46. The molecule has 4 nitrogen and oxygen atoms in total. The molecule has 2 N–H and O–H groups in total. The quantitative estimate of drug-likeness (QED) is 0.918. The first-order chi connectivity index (χ1) is 10.0. The van der Waals surface area contributed by atoms with Gasteiger partial charge in [0.25, 0.3) is 5.56 Å². The lowest BCUT2D eigenvalue weighted by molar-refractivity contribution is 0.271. The number of aromatic nitrogens is 1. The summed E-state index contributed by atoms with van der Waals surface area (Å²) in [6, 6.07) is 11.3. The third-order valence-electron chi connectivity index (χ3n) is 3.23. The molecular formula is C17H22N2O2. The highest BCUT2D eigenvalue weighted by molar-refractivity contribution is 5.63. The molecule has 112 valence electrons. The SMILES string of the molecule is CCn1c(-c2cccc(OCC(C)C)c2)ccc(N)c1=O. The number of ether oxygens (including phenoxy) is 1. The largest absolute Gasteiger partial charge is 0.493 e. The zero-order chi connectivity index (χ0) is 15.4. The van der Waals surface area contributed by atoms with E-state index in [2.05, 4.69) is 13.8 Å². The van der Waals surface area contributed by atoms with Gasteiger partial charge >= 0.3 is 0 Å². The van der Waals surface area contributed by atoms with E-state index in [0.29, 0.717) is 19.1 Å². The summed E-state index contributed by atoms with van der Waals surface area (Å²) in [5.74, 6) is 1.28. The minimum atomic E-state index is -0.150. The lowest BCUT2D eigenvalue weighted by Gasteiger charge is -2.14. The molecule has 1 aromatic heterocycles. The van der Waals surface area contributed by atoms with Crippen molar-refractivity contribution in [3.63, 3.8) is 0 Å².